The summed E-state index contributed by atoms with van der Waals surface area (Å²) in [6, 6.07) is 4.00. The average molecular weight is 332 g/mol. The summed E-state index contributed by atoms with van der Waals surface area (Å²) < 4.78 is 39.8. The van der Waals surface area contributed by atoms with E-state index in [4.69, 9.17) is 5.11 Å². The molecule has 6 heteroatoms. The van der Waals surface area contributed by atoms with Gasteiger partial charge in [0, 0.05) is 5.56 Å². The highest BCUT2D eigenvalue weighted by Crippen LogP contribution is 2.42. The summed E-state index contributed by atoms with van der Waals surface area (Å²) in [5.74, 6) is -2.34. The van der Waals surface area contributed by atoms with Crippen molar-refractivity contribution in [3.05, 3.63) is 34.9 Å². The van der Waals surface area contributed by atoms with Crippen molar-refractivity contribution in [3.63, 3.8) is 0 Å². The second-order valence-corrected chi connectivity index (χ2v) is 7.81. The lowest BCUT2D eigenvalue weighted by Gasteiger charge is -2.31. The Morgan fingerprint density at radius 1 is 0.826 bits per heavy atom. The quantitative estimate of drug-likeness (QED) is 0.857. The van der Waals surface area contributed by atoms with Crippen LogP contribution in [0.25, 0.3) is 0 Å². The molecule has 3 nitrogen and oxygen atoms in total. The van der Waals surface area contributed by atoms with Crippen molar-refractivity contribution in [2.75, 3.05) is 0 Å². The second kappa shape index (κ2) is 5.51. The van der Waals surface area contributed by atoms with Crippen molar-refractivity contribution in [1.82, 2.24) is 0 Å². The van der Waals surface area contributed by atoms with Gasteiger partial charge in [0.2, 0.25) is 0 Å². The molecule has 1 rings (SSSR count). The van der Waals surface area contributed by atoms with E-state index in [0.29, 0.717) is 11.1 Å². The number of carboxylic acid groups (broad SMARTS) is 1. The van der Waals surface area contributed by atoms with Crippen LogP contribution in [0.4, 0.5) is 13.2 Å². The molecule has 1 aromatic rings. The maximum atomic E-state index is 13.3. The summed E-state index contributed by atoms with van der Waals surface area (Å²) >= 11 is 0. The number of carbonyl (C=O) groups is 1. The lowest BCUT2D eigenvalue weighted by Crippen LogP contribution is -2.49. The topological polar surface area (TPSA) is 57.5 Å². The molecule has 0 aromatic heterocycles. The Morgan fingerprint density at radius 2 is 1.13 bits per heavy atom. The normalized spacial score (nSPS) is 16.1. The van der Waals surface area contributed by atoms with Crippen LogP contribution in [0.3, 0.4) is 0 Å². The van der Waals surface area contributed by atoms with Crippen LogP contribution in [0.1, 0.15) is 58.2 Å². The standard InChI is InChI=1S/C17H23F3O3/c1-14(2,3)10-7-11(15(4,5)6)9-12(8-10)16(23,13(21)22)17(18,19)20/h7-9,23H,1-6H3,(H,21,22)/t16-/m0/s1. The molecule has 0 aliphatic heterocycles. The molecule has 23 heavy (non-hydrogen) atoms. The van der Waals surface area contributed by atoms with Gasteiger partial charge in [-0.3, -0.25) is 0 Å². The van der Waals surface area contributed by atoms with Gasteiger partial charge in [-0.15, -0.1) is 0 Å². The zero-order valence-electron chi connectivity index (χ0n) is 14.2. The van der Waals surface area contributed by atoms with E-state index in [1.54, 1.807) is 6.07 Å². The van der Waals surface area contributed by atoms with E-state index < -0.39 is 34.1 Å². The van der Waals surface area contributed by atoms with E-state index in [1.807, 2.05) is 41.5 Å². The van der Waals surface area contributed by atoms with Crippen LogP contribution in [-0.2, 0) is 21.2 Å². The Bertz CT molecular complexity index is 575. The fourth-order valence-corrected chi connectivity index (χ4v) is 2.11. The minimum Gasteiger partial charge on any atom is -0.479 e. The number of aliphatic carboxylic acids is 1. The van der Waals surface area contributed by atoms with Gasteiger partial charge in [-0.2, -0.15) is 13.2 Å². The van der Waals surface area contributed by atoms with Crippen LogP contribution in [0.15, 0.2) is 18.2 Å². The molecule has 1 atom stereocenters. The predicted octanol–water partition coefficient (Wildman–Crippen LogP) is 4.12. The Kier molecular flexibility index (Phi) is 4.67. The third-order valence-electron chi connectivity index (χ3n) is 3.80. The molecule has 0 radical (unpaired) electrons. The summed E-state index contributed by atoms with van der Waals surface area (Å²) in [7, 11) is 0. The fourth-order valence-electron chi connectivity index (χ4n) is 2.11. The molecular formula is C17H23F3O3. The molecule has 0 fully saturated rings. The predicted molar refractivity (Wildman–Crippen MR) is 81.4 cm³/mol. The first-order valence-corrected chi connectivity index (χ1v) is 7.20. The average Bonchev–Trinajstić information content (AvgIpc) is 2.33. The summed E-state index contributed by atoms with van der Waals surface area (Å²) in [5, 5.41) is 19.0. The van der Waals surface area contributed by atoms with Gasteiger partial charge in [0.15, 0.2) is 0 Å². The van der Waals surface area contributed by atoms with Gasteiger partial charge in [0.1, 0.15) is 0 Å². The van der Waals surface area contributed by atoms with Crippen molar-refractivity contribution in [1.29, 1.82) is 0 Å². The highest BCUT2D eigenvalue weighted by atomic mass is 19.4. The lowest BCUT2D eigenvalue weighted by molar-refractivity contribution is -0.265. The third kappa shape index (κ3) is 3.68. The first kappa shape index (κ1) is 19.5. The highest BCUT2D eigenvalue weighted by Gasteiger charge is 2.61. The van der Waals surface area contributed by atoms with Gasteiger partial charge in [-0.05, 0) is 22.0 Å². The summed E-state index contributed by atoms with van der Waals surface area (Å²) in [4.78, 5) is 11.2. The zero-order chi connectivity index (χ0) is 18.4. The molecule has 1 aromatic carbocycles. The van der Waals surface area contributed by atoms with Crippen LogP contribution in [0, 0.1) is 0 Å². The molecule has 0 saturated carbocycles. The fraction of sp³-hybridized carbons (Fsp3) is 0.588. The van der Waals surface area contributed by atoms with Gasteiger partial charge in [-0.25, -0.2) is 4.79 Å². The first-order chi connectivity index (χ1) is 10.0. The smallest absolute Gasteiger partial charge is 0.432 e. The molecule has 0 aliphatic rings. The van der Waals surface area contributed by atoms with Gasteiger partial charge in [-0.1, -0.05) is 59.7 Å². The second-order valence-electron chi connectivity index (χ2n) is 7.81. The molecule has 0 spiro atoms. The van der Waals surface area contributed by atoms with Crippen molar-refractivity contribution in [3.8, 4) is 0 Å². The number of carboxylic acids is 1. The van der Waals surface area contributed by atoms with Crippen LogP contribution >= 0.6 is 0 Å². The largest absolute Gasteiger partial charge is 0.479 e. The number of aliphatic hydroxyl groups is 1. The number of benzene rings is 1. The molecule has 2 N–H and O–H groups in total. The Hall–Kier alpha value is -1.56. The molecule has 0 aliphatic carbocycles. The molecule has 0 bridgehead atoms. The monoisotopic (exact) mass is 332 g/mol. The lowest BCUT2D eigenvalue weighted by atomic mass is 9.77. The van der Waals surface area contributed by atoms with Crippen LogP contribution in [0.2, 0.25) is 0 Å². The van der Waals surface area contributed by atoms with Gasteiger partial charge in [0.05, 0.1) is 0 Å². The van der Waals surface area contributed by atoms with E-state index >= 15 is 0 Å². The van der Waals surface area contributed by atoms with Crippen LogP contribution in [-0.4, -0.2) is 22.4 Å². The van der Waals surface area contributed by atoms with Crippen molar-refractivity contribution in [2.45, 2.75) is 64.1 Å². The molecule has 0 amide bonds. The van der Waals surface area contributed by atoms with Crippen LogP contribution in [0.5, 0.6) is 0 Å². The summed E-state index contributed by atoms with van der Waals surface area (Å²) in [6.07, 6.45) is -5.33. The third-order valence-corrected chi connectivity index (χ3v) is 3.80. The van der Waals surface area contributed by atoms with E-state index in [-0.39, 0.29) is 0 Å². The molecule has 0 unspecified atom stereocenters. The Balaban J connectivity index is 3.80. The molecule has 0 saturated heterocycles. The summed E-state index contributed by atoms with van der Waals surface area (Å²) in [6.45, 7) is 10.9. The molecule has 130 valence electrons. The SMILES string of the molecule is CC(C)(C)c1cc(C(C)(C)C)cc([C@](O)(C(=O)O)C(F)(F)F)c1. The number of halogens is 3. The molecule has 0 heterocycles. The van der Waals surface area contributed by atoms with Crippen molar-refractivity contribution in [2.24, 2.45) is 0 Å². The minimum absolute atomic E-state index is 0.499. The van der Waals surface area contributed by atoms with Gasteiger partial charge in [0.25, 0.3) is 5.60 Å². The number of alkyl halides is 3. The van der Waals surface area contributed by atoms with Gasteiger partial charge >= 0.3 is 12.1 Å². The van der Waals surface area contributed by atoms with E-state index in [0.717, 1.165) is 12.1 Å². The maximum absolute atomic E-state index is 13.3. The minimum atomic E-state index is -5.33. The van der Waals surface area contributed by atoms with E-state index in [2.05, 4.69) is 0 Å². The Labute approximate surface area is 134 Å². The van der Waals surface area contributed by atoms with Crippen molar-refractivity contribution >= 4 is 5.97 Å². The van der Waals surface area contributed by atoms with Crippen LogP contribution < -0.4 is 0 Å². The zero-order valence-corrected chi connectivity index (χ0v) is 14.2. The summed E-state index contributed by atoms with van der Waals surface area (Å²) in [5.41, 5.74) is -4.54. The van der Waals surface area contributed by atoms with Crippen molar-refractivity contribution < 1.29 is 28.2 Å². The molecular weight excluding hydrogens is 309 g/mol. The van der Waals surface area contributed by atoms with Gasteiger partial charge < -0.3 is 10.2 Å². The van der Waals surface area contributed by atoms with E-state index in [9.17, 15) is 23.1 Å². The highest BCUT2D eigenvalue weighted by molar-refractivity contribution is 5.80. The first-order valence-electron chi connectivity index (χ1n) is 7.20. The number of hydrogen-bond donors (Lipinski definition) is 2. The number of hydrogen-bond acceptors (Lipinski definition) is 2. The number of rotatable bonds is 2. The van der Waals surface area contributed by atoms with E-state index in [1.165, 1.54) is 0 Å². The Morgan fingerprint density at radius 3 is 1.35 bits per heavy atom. The maximum Gasteiger partial charge on any atom is 0.432 e.